The van der Waals surface area contributed by atoms with Gasteiger partial charge in [0.2, 0.25) is 0 Å². The number of halogens is 2. The smallest absolute Gasteiger partial charge is 0.0603 e. The summed E-state index contributed by atoms with van der Waals surface area (Å²) in [6.07, 6.45) is 0.833. The molecule has 1 aromatic carbocycles. The van der Waals surface area contributed by atoms with E-state index in [1.807, 2.05) is 13.0 Å². The summed E-state index contributed by atoms with van der Waals surface area (Å²) in [5.41, 5.74) is 5.90. The van der Waals surface area contributed by atoms with E-state index in [1.54, 1.807) is 12.1 Å². The molecule has 2 unspecified atom stereocenters. The lowest BCUT2D eigenvalue weighted by atomic mass is 10.2. The third kappa shape index (κ3) is 3.82. The monoisotopic (exact) mass is 279 g/mol. The van der Waals surface area contributed by atoms with Crippen LogP contribution < -0.4 is 5.73 Å². The first-order valence-corrected chi connectivity index (χ1v) is 6.70. The molecule has 0 heterocycles. The average molecular weight is 280 g/mol. The number of nitrogens with two attached hydrogens (primary N) is 1. The fraction of sp³-hybridized carbons (Fsp3) is 0.455. The molecule has 3 N–H and O–H groups in total. The maximum Gasteiger partial charge on any atom is 0.0603 e. The molecule has 90 valence electrons. The Morgan fingerprint density at radius 3 is 2.56 bits per heavy atom. The van der Waals surface area contributed by atoms with Gasteiger partial charge in [0.25, 0.3) is 0 Å². The molecule has 0 aliphatic heterocycles. The van der Waals surface area contributed by atoms with E-state index in [0.29, 0.717) is 10.0 Å². The predicted octanol–water partition coefficient (Wildman–Crippen LogP) is 3.18. The van der Waals surface area contributed by atoms with Crippen molar-refractivity contribution in [3.63, 3.8) is 0 Å². The topological polar surface area (TPSA) is 46.2 Å². The molecule has 1 aromatic rings. The molecule has 0 spiro atoms. The average Bonchev–Trinajstić information content (AvgIpc) is 2.29. The minimum absolute atomic E-state index is 0.0118. The first-order chi connectivity index (χ1) is 7.58. The molecule has 0 aliphatic carbocycles. The van der Waals surface area contributed by atoms with Crippen LogP contribution in [0.4, 0.5) is 0 Å². The highest BCUT2D eigenvalue weighted by atomic mass is 35.5. The number of benzene rings is 1. The van der Waals surface area contributed by atoms with Gasteiger partial charge in [0.15, 0.2) is 0 Å². The van der Waals surface area contributed by atoms with Gasteiger partial charge in [0.1, 0.15) is 0 Å². The van der Waals surface area contributed by atoms with Crippen LogP contribution in [0.3, 0.4) is 0 Å². The zero-order valence-electron chi connectivity index (χ0n) is 8.99. The summed E-state index contributed by atoms with van der Waals surface area (Å²) in [6.45, 7) is 2.06. The highest BCUT2D eigenvalue weighted by molar-refractivity contribution is 8.00. The number of thioether (sulfide) groups is 1. The molecule has 0 saturated carbocycles. The third-order valence-electron chi connectivity index (χ3n) is 2.31. The molecule has 0 radical (unpaired) electrons. The van der Waals surface area contributed by atoms with E-state index in [4.69, 9.17) is 28.9 Å². The Balaban J connectivity index is 2.74. The van der Waals surface area contributed by atoms with Crippen molar-refractivity contribution in [2.75, 3.05) is 6.61 Å². The molecule has 2 atom stereocenters. The Labute approximate surface area is 110 Å². The number of aliphatic hydroxyl groups excluding tert-OH is 1. The normalized spacial score (nSPS) is 14.8. The Morgan fingerprint density at radius 2 is 2.06 bits per heavy atom. The van der Waals surface area contributed by atoms with Gasteiger partial charge < -0.3 is 10.8 Å². The van der Waals surface area contributed by atoms with E-state index in [2.05, 4.69) is 0 Å². The van der Waals surface area contributed by atoms with Gasteiger partial charge in [-0.2, -0.15) is 0 Å². The van der Waals surface area contributed by atoms with Crippen molar-refractivity contribution < 1.29 is 5.11 Å². The van der Waals surface area contributed by atoms with E-state index in [1.165, 1.54) is 11.8 Å². The molecule has 0 fully saturated rings. The minimum Gasteiger partial charge on any atom is -0.395 e. The number of aliphatic hydroxyl groups is 1. The summed E-state index contributed by atoms with van der Waals surface area (Å²) in [5, 5.41) is 10.3. The third-order valence-corrected chi connectivity index (χ3v) is 4.37. The second kappa shape index (κ2) is 6.72. The first-order valence-electron chi connectivity index (χ1n) is 5.06. The van der Waals surface area contributed by atoms with Crippen molar-refractivity contribution in [3.8, 4) is 0 Å². The van der Waals surface area contributed by atoms with E-state index in [0.717, 1.165) is 11.3 Å². The van der Waals surface area contributed by atoms with Crippen molar-refractivity contribution in [2.24, 2.45) is 5.73 Å². The summed E-state index contributed by atoms with van der Waals surface area (Å²) in [5.74, 6) is 0. The number of hydrogen-bond donors (Lipinski definition) is 2. The van der Waals surface area contributed by atoms with Crippen LogP contribution in [0.1, 0.15) is 13.3 Å². The lowest BCUT2D eigenvalue weighted by Gasteiger charge is -2.20. The lowest BCUT2D eigenvalue weighted by molar-refractivity contribution is 0.281. The largest absolute Gasteiger partial charge is 0.395 e. The quantitative estimate of drug-likeness (QED) is 0.814. The van der Waals surface area contributed by atoms with E-state index in [-0.39, 0.29) is 17.9 Å². The van der Waals surface area contributed by atoms with E-state index in [9.17, 15) is 5.11 Å². The number of hydrogen-bond acceptors (Lipinski definition) is 3. The van der Waals surface area contributed by atoms with Crippen LogP contribution in [0.2, 0.25) is 10.0 Å². The SMILES string of the molecule is CCC(N)C(CO)Sc1ccc(Cl)c(Cl)c1. The van der Waals surface area contributed by atoms with Crippen molar-refractivity contribution in [1.82, 2.24) is 0 Å². The summed E-state index contributed by atoms with van der Waals surface area (Å²) in [4.78, 5) is 0.970. The molecule has 5 heteroatoms. The molecule has 16 heavy (non-hydrogen) atoms. The van der Waals surface area contributed by atoms with Crippen LogP contribution in [-0.4, -0.2) is 23.0 Å². The molecule has 0 bridgehead atoms. The standard InChI is InChI=1S/C11H15Cl2NOS/c1-2-10(14)11(6-15)16-7-3-4-8(12)9(13)5-7/h3-5,10-11,15H,2,6,14H2,1H3. The van der Waals surface area contributed by atoms with Gasteiger partial charge in [-0.05, 0) is 24.6 Å². The summed E-state index contributed by atoms with van der Waals surface area (Å²) >= 11 is 13.3. The molecule has 0 amide bonds. The molecule has 0 aliphatic rings. The van der Waals surface area contributed by atoms with Gasteiger partial charge in [0.05, 0.1) is 16.7 Å². The number of rotatable bonds is 5. The van der Waals surface area contributed by atoms with Gasteiger partial charge in [-0.1, -0.05) is 30.1 Å². The van der Waals surface area contributed by atoms with E-state index >= 15 is 0 Å². The zero-order valence-corrected chi connectivity index (χ0v) is 11.3. The molecule has 0 aromatic heterocycles. The van der Waals surface area contributed by atoms with Crippen molar-refractivity contribution >= 4 is 35.0 Å². The highest BCUT2D eigenvalue weighted by Gasteiger charge is 2.16. The first kappa shape index (κ1) is 14.1. The lowest BCUT2D eigenvalue weighted by Crippen LogP contribution is -2.34. The summed E-state index contributed by atoms with van der Waals surface area (Å²) in [6, 6.07) is 5.39. The fourth-order valence-electron chi connectivity index (χ4n) is 1.25. The van der Waals surface area contributed by atoms with Crippen LogP contribution in [0.25, 0.3) is 0 Å². The van der Waals surface area contributed by atoms with Gasteiger partial charge in [-0.3, -0.25) is 0 Å². The summed E-state index contributed by atoms with van der Waals surface area (Å²) < 4.78 is 0. The summed E-state index contributed by atoms with van der Waals surface area (Å²) in [7, 11) is 0. The van der Waals surface area contributed by atoms with Crippen LogP contribution >= 0.6 is 35.0 Å². The Bertz CT molecular complexity index is 349. The molecule has 1 rings (SSSR count). The second-order valence-corrected chi connectivity index (χ2v) is 5.61. The molecule has 2 nitrogen and oxygen atoms in total. The van der Waals surface area contributed by atoms with Crippen LogP contribution in [0.15, 0.2) is 23.1 Å². The van der Waals surface area contributed by atoms with Gasteiger partial charge >= 0.3 is 0 Å². The zero-order chi connectivity index (χ0) is 12.1. The molecular formula is C11H15Cl2NOS. The van der Waals surface area contributed by atoms with Crippen molar-refractivity contribution in [2.45, 2.75) is 29.5 Å². The minimum atomic E-state index is -0.0237. The molecular weight excluding hydrogens is 265 g/mol. The van der Waals surface area contributed by atoms with E-state index < -0.39 is 0 Å². The van der Waals surface area contributed by atoms with Gasteiger partial charge in [-0.15, -0.1) is 11.8 Å². The van der Waals surface area contributed by atoms with Gasteiger partial charge in [-0.25, -0.2) is 0 Å². The second-order valence-electron chi connectivity index (χ2n) is 3.49. The van der Waals surface area contributed by atoms with Crippen molar-refractivity contribution in [1.29, 1.82) is 0 Å². The van der Waals surface area contributed by atoms with Crippen LogP contribution in [-0.2, 0) is 0 Å². The Morgan fingerprint density at radius 1 is 1.38 bits per heavy atom. The Kier molecular flexibility index (Phi) is 5.94. The van der Waals surface area contributed by atoms with Crippen molar-refractivity contribution in [3.05, 3.63) is 28.2 Å². The van der Waals surface area contributed by atoms with Gasteiger partial charge in [0, 0.05) is 16.2 Å². The van der Waals surface area contributed by atoms with Crippen LogP contribution in [0.5, 0.6) is 0 Å². The predicted molar refractivity (Wildman–Crippen MR) is 71.5 cm³/mol. The fourth-order valence-corrected chi connectivity index (χ4v) is 2.73. The maximum atomic E-state index is 9.25. The molecule has 0 saturated heterocycles. The van der Waals surface area contributed by atoms with Crippen LogP contribution in [0, 0.1) is 0 Å². The highest BCUT2D eigenvalue weighted by Crippen LogP contribution is 2.31. The maximum absolute atomic E-state index is 9.25. The Hall–Kier alpha value is 0.0700.